The van der Waals surface area contributed by atoms with Crippen molar-refractivity contribution in [3.63, 3.8) is 0 Å². The van der Waals surface area contributed by atoms with Crippen molar-refractivity contribution in [1.82, 2.24) is 9.66 Å². The van der Waals surface area contributed by atoms with Gasteiger partial charge >= 0.3 is 0 Å². The van der Waals surface area contributed by atoms with Crippen molar-refractivity contribution < 1.29 is 4.92 Å². The summed E-state index contributed by atoms with van der Waals surface area (Å²) in [5.41, 5.74) is 3.29. The quantitative estimate of drug-likeness (QED) is 0.297. The molecule has 1 fully saturated rings. The topological polar surface area (TPSA) is 79.5 Å². The van der Waals surface area contributed by atoms with E-state index in [1.807, 2.05) is 36.4 Å². The van der Waals surface area contributed by atoms with Crippen LogP contribution in [0.5, 0.6) is 0 Å². The highest BCUT2D eigenvalue weighted by molar-refractivity contribution is 7.71. The predicted octanol–water partition coefficient (Wildman–Crippen LogP) is 4.60. The van der Waals surface area contributed by atoms with Gasteiger partial charge in [-0.25, -0.2) is 4.68 Å². The number of aromatic amines is 1. The molecule has 3 aromatic rings. The van der Waals surface area contributed by atoms with Crippen molar-refractivity contribution in [3.05, 3.63) is 75.2 Å². The molecule has 2 heterocycles. The molecule has 0 aliphatic carbocycles. The number of hydrogen-bond acceptors (Lipinski definition) is 5. The summed E-state index contributed by atoms with van der Waals surface area (Å²) in [4.78, 5) is 16.4. The maximum Gasteiger partial charge on any atom is 0.293 e. The second-order valence-corrected chi connectivity index (χ2v) is 7.01. The second kappa shape index (κ2) is 7.77. The molecule has 28 heavy (non-hydrogen) atoms. The molecule has 0 unspecified atom stereocenters. The number of nitro groups is 1. The lowest BCUT2D eigenvalue weighted by Crippen LogP contribution is -2.18. The van der Waals surface area contributed by atoms with Gasteiger partial charge in [-0.1, -0.05) is 36.4 Å². The number of nitro benzene ring substituents is 1. The minimum Gasteiger partial charge on any atom is -0.366 e. The lowest BCUT2D eigenvalue weighted by molar-refractivity contribution is -0.384. The van der Waals surface area contributed by atoms with E-state index in [1.165, 1.54) is 0 Å². The minimum absolute atomic E-state index is 0.105. The Hall–Kier alpha value is -3.26. The summed E-state index contributed by atoms with van der Waals surface area (Å²) >= 11 is 5.33. The number of H-pyrrole nitrogens is 1. The SMILES string of the molecule is O=[N+]([O-])c1cc(C=Nn2cc(-c3ccccc3)[nH]c2=S)ccc1N1CCCC1. The number of nitrogens with one attached hydrogen (secondary N) is 1. The predicted molar refractivity (Wildman–Crippen MR) is 113 cm³/mol. The average Bonchev–Trinajstić information content (AvgIpc) is 3.37. The molecule has 1 saturated heterocycles. The minimum atomic E-state index is -0.333. The normalized spacial score (nSPS) is 14.1. The summed E-state index contributed by atoms with van der Waals surface area (Å²) in [5, 5.41) is 15.9. The summed E-state index contributed by atoms with van der Waals surface area (Å²) < 4.78 is 2.01. The van der Waals surface area contributed by atoms with Gasteiger partial charge in [-0.2, -0.15) is 5.10 Å². The standard InChI is InChI=1S/C20H19N5O2S/c26-25(27)19-12-15(8-9-18(19)23-10-4-5-11-23)13-21-24-14-17(22-20(24)28)16-6-2-1-3-7-16/h1-3,6-9,12-14H,4-5,10-11H2,(H,22,28). The van der Waals surface area contributed by atoms with Gasteiger partial charge in [0.2, 0.25) is 0 Å². The molecular formula is C20H19N5O2S. The van der Waals surface area contributed by atoms with Crippen molar-refractivity contribution in [2.45, 2.75) is 12.8 Å². The Labute approximate surface area is 167 Å². The van der Waals surface area contributed by atoms with Crippen LogP contribution in [0.1, 0.15) is 18.4 Å². The van der Waals surface area contributed by atoms with E-state index < -0.39 is 0 Å². The van der Waals surface area contributed by atoms with Crippen molar-refractivity contribution >= 4 is 29.8 Å². The van der Waals surface area contributed by atoms with E-state index in [0.717, 1.165) is 37.2 Å². The number of anilines is 1. The van der Waals surface area contributed by atoms with Gasteiger partial charge < -0.3 is 9.88 Å². The summed E-state index contributed by atoms with van der Waals surface area (Å²) in [5.74, 6) is 0. The summed E-state index contributed by atoms with van der Waals surface area (Å²) in [6.45, 7) is 1.71. The Kier molecular flexibility index (Phi) is 5.03. The van der Waals surface area contributed by atoms with E-state index >= 15 is 0 Å². The van der Waals surface area contributed by atoms with Crippen LogP contribution in [0.3, 0.4) is 0 Å². The molecule has 7 nitrogen and oxygen atoms in total. The molecule has 0 spiro atoms. The van der Waals surface area contributed by atoms with E-state index in [4.69, 9.17) is 12.2 Å². The Bertz CT molecular complexity index is 1080. The van der Waals surface area contributed by atoms with Gasteiger partial charge in [0.05, 0.1) is 23.0 Å². The van der Waals surface area contributed by atoms with Crippen LogP contribution in [0.25, 0.3) is 11.3 Å². The van der Waals surface area contributed by atoms with Crippen molar-refractivity contribution in [2.75, 3.05) is 18.0 Å². The number of rotatable bonds is 5. The number of aromatic nitrogens is 2. The summed E-state index contributed by atoms with van der Waals surface area (Å²) in [7, 11) is 0. The first kappa shape index (κ1) is 18.1. The van der Waals surface area contributed by atoms with Crippen LogP contribution in [0.4, 0.5) is 11.4 Å². The van der Waals surface area contributed by atoms with Crippen LogP contribution in [0.2, 0.25) is 0 Å². The van der Waals surface area contributed by atoms with Gasteiger partial charge in [0, 0.05) is 24.7 Å². The molecule has 0 radical (unpaired) electrons. The Morgan fingerprint density at radius 3 is 2.61 bits per heavy atom. The lowest BCUT2D eigenvalue weighted by atomic mass is 10.1. The van der Waals surface area contributed by atoms with Crippen molar-refractivity contribution in [1.29, 1.82) is 0 Å². The largest absolute Gasteiger partial charge is 0.366 e. The Morgan fingerprint density at radius 2 is 1.89 bits per heavy atom. The van der Waals surface area contributed by atoms with Gasteiger partial charge in [0.25, 0.3) is 5.69 Å². The molecule has 0 atom stereocenters. The molecule has 2 aromatic carbocycles. The molecular weight excluding hydrogens is 374 g/mol. The molecule has 0 bridgehead atoms. The van der Waals surface area contributed by atoms with Crippen LogP contribution in [0.15, 0.2) is 59.8 Å². The molecule has 4 rings (SSSR count). The molecule has 1 N–H and O–H groups in total. The van der Waals surface area contributed by atoms with E-state index in [0.29, 0.717) is 16.0 Å². The zero-order chi connectivity index (χ0) is 19.5. The molecule has 1 aliphatic heterocycles. The van der Waals surface area contributed by atoms with Crippen LogP contribution in [-0.2, 0) is 0 Å². The van der Waals surface area contributed by atoms with Gasteiger partial charge in [-0.15, -0.1) is 0 Å². The van der Waals surface area contributed by atoms with Crippen LogP contribution < -0.4 is 4.90 Å². The van der Waals surface area contributed by atoms with Crippen molar-refractivity contribution in [2.24, 2.45) is 5.10 Å². The van der Waals surface area contributed by atoms with E-state index in [2.05, 4.69) is 15.0 Å². The highest BCUT2D eigenvalue weighted by atomic mass is 32.1. The summed E-state index contributed by atoms with van der Waals surface area (Å²) in [6.07, 6.45) is 5.52. The van der Waals surface area contributed by atoms with E-state index in [-0.39, 0.29) is 10.6 Å². The third kappa shape index (κ3) is 3.72. The number of imidazole rings is 1. The molecule has 0 amide bonds. The lowest BCUT2D eigenvalue weighted by Gasteiger charge is -2.17. The Balaban J connectivity index is 1.61. The Morgan fingerprint density at radius 1 is 1.14 bits per heavy atom. The van der Waals surface area contributed by atoms with Crippen molar-refractivity contribution in [3.8, 4) is 11.3 Å². The number of benzene rings is 2. The fraction of sp³-hybridized carbons (Fsp3) is 0.200. The van der Waals surface area contributed by atoms with Gasteiger partial charge in [-0.05, 0) is 36.7 Å². The molecule has 8 heteroatoms. The molecule has 0 saturated carbocycles. The fourth-order valence-electron chi connectivity index (χ4n) is 3.36. The number of nitrogens with zero attached hydrogens (tertiary/aromatic N) is 4. The first-order chi connectivity index (χ1) is 13.6. The number of hydrogen-bond donors (Lipinski definition) is 1. The second-order valence-electron chi connectivity index (χ2n) is 6.63. The third-order valence-corrected chi connectivity index (χ3v) is 5.05. The average molecular weight is 393 g/mol. The van der Waals surface area contributed by atoms with Crippen LogP contribution >= 0.6 is 12.2 Å². The van der Waals surface area contributed by atoms with Gasteiger partial charge in [0.1, 0.15) is 5.69 Å². The third-order valence-electron chi connectivity index (χ3n) is 4.76. The van der Waals surface area contributed by atoms with Crippen LogP contribution in [-0.4, -0.2) is 33.9 Å². The maximum atomic E-state index is 11.5. The first-order valence-corrected chi connectivity index (χ1v) is 9.47. The zero-order valence-corrected chi connectivity index (χ0v) is 15.9. The van der Waals surface area contributed by atoms with Gasteiger partial charge in [0.15, 0.2) is 4.77 Å². The highest BCUT2D eigenvalue weighted by Crippen LogP contribution is 2.31. The van der Waals surface area contributed by atoms with Gasteiger partial charge in [-0.3, -0.25) is 10.1 Å². The smallest absolute Gasteiger partial charge is 0.293 e. The summed E-state index contributed by atoms with van der Waals surface area (Å²) in [6, 6.07) is 15.0. The first-order valence-electron chi connectivity index (χ1n) is 9.07. The van der Waals surface area contributed by atoms with E-state index in [9.17, 15) is 10.1 Å². The molecule has 1 aromatic heterocycles. The fourth-order valence-corrected chi connectivity index (χ4v) is 3.57. The zero-order valence-electron chi connectivity index (χ0n) is 15.1. The van der Waals surface area contributed by atoms with Crippen LogP contribution in [0, 0.1) is 14.9 Å². The highest BCUT2D eigenvalue weighted by Gasteiger charge is 2.22. The molecule has 142 valence electrons. The molecule has 1 aliphatic rings. The maximum absolute atomic E-state index is 11.5. The van der Waals surface area contributed by atoms with E-state index in [1.54, 1.807) is 29.2 Å². The monoisotopic (exact) mass is 393 g/mol.